The summed E-state index contributed by atoms with van der Waals surface area (Å²) in [7, 11) is 0. The third-order valence-corrected chi connectivity index (χ3v) is 5.37. The van der Waals surface area contributed by atoms with E-state index in [0.29, 0.717) is 11.1 Å². The van der Waals surface area contributed by atoms with E-state index in [1.54, 1.807) is 28.8 Å². The van der Waals surface area contributed by atoms with Crippen LogP contribution in [0.1, 0.15) is 40.8 Å². The summed E-state index contributed by atoms with van der Waals surface area (Å²) in [6, 6.07) is 9.20. The van der Waals surface area contributed by atoms with Gasteiger partial charge >= 0.3 is 5.97 Å². The van der Waals surface area contributed by atoms with E-state index < -0.39 is 28.8 Å². The SMILES string of the molecule is O=C(O)c1cn(C2CC2)c2c3c(c(F)cc2c1=O)NC(c1ccccc1)C(=O)N3. The smallest absolute Gasteiger partial charge is 0.341 e. The number of nitrogens with one attached hydrogen (secondary N) is 2. The Labute approximate surface area is 163 Å². The van der Waals surface area contributed by atoms with Crippen molar-refractivity contribution in [3.8, 4) is 0 Å². The van der Waals surface area contributed by atoms with Gasteiger partial charge in [-0.25, -0.2) is 9.18 Å². The monoisotopic (exact) mass is 393 g/mol. The molecule has 0 bridgehead atoms. The van der Waals surface area contributed by atoms with Gasteiger partial charge in [-0.3, -0.25) is 9.59 Å². The van der Waals surface area contributed by atoms with E-state index in [1.807, 2.05) is 6.07 Å². The molecule has 1 aliphatic carbocycles. The molecule has 5 rings (SSSR count). The Morgan fingerprint density at radius 2 is 1.86 bits per heavy atom. The van der Waals surface area contributed by atoms with Crippen LogP contribution in [0.2, 0.25) is 0 Å². The number of carboxylic acids is 1. The highest BCUT2D eigenvalue weighted by molar-refractivity contribution is 6.12. The van der Waals surface area contributed by atoms with E-state index in [1.165, 1.54) is 6.20 Å². The molecule has 1 atom stereocenters. The molecule has 7 nitrogen and oxygen atoms in total. The van der Waals surface area contributed by atoms with Gasteiger partial charge < -0.3 is 20.3 Å². The third kappa shape index (κ3) is 2.67. The molecule has 3 aromatic rings. The Morgan fingerprint density at radius 1 is 1.14 bits per heavy atom. The van der Waals surface area contributed by atoms with Crippen molar-refractivity contribution in [2.75, 3.05) is 10.6 Å². The standard InChI is InChI=1S/C21H16FN3O4/c22-14-8-12-18(25(11-6-7-11)9-13(19(12)26)21(28)29)17-16(14)23-15(20(27)24-17)10-4-2-1-3-5-10/h1-5,8-9,11,15,23H,6-7H2,(H,24,27)(H,28,29). The molecule has 1 aliphatic heterocycles. The number of fused-ring (bicyclic) bond motifs is 3. The lowest BCUT2D eigenvalue weighted by atomic mass is 10.0. The van der Waals surface area contributed by atoms with Gasteiger partial charge in [-0.2, -0.15) is 0 Å². The Bertz CT molecular complexity index is 1250. The molecule has 2 aromatic carbocycles. The number of halogens is 1. The maximum atomic E-state index is 15.0. The zero-order valence-electron chi connectivity index (χ0n) is 15.1. The summed E-state index contributed by atoms with van der Waals surface area (Å²) in [4.78, 5) is 37.0. The first-order valence-electron chi connectivity index (χ1n) is 9.22. The van der Waals surface area contributed by atoms with Gasteiger partial charge in [0.05, 0.1) is 22.3 Å². The highest BCUT2D eigenvalue weighted by Gasteiger charge is 2.34. The molecule has 0 spiro atoms. The predicted octanol–water partition coefficient (Wildman–Crippen LogP) is 3.28. The summed E-state index contributed by atoms with van der Waals surface area (Å²) < 4.78 is 16.6. The second-order valence-corrected chi connectivity index (χ2v) is 7.30. The first-order chi connectivity index (χ1) is 14.0. The van der Waals surface area contributed by atoms with Crippen LogP contribution >= 0.6 is 0 Å². The van der Waals surface area contributed by atoms with Crippen molar-refractivity contribution in [1.82, 2.24) is 4.57 Å². The number of anilines is 2. The number of benzene rings is 2. The van der Waals surface area contributed by atoms with E-state index in [2.05, 4.69) is 10.6 Å². The molecule has 0 saturated heterocycles. The zero-order valence-corrected chi connectivity index (χ0v) is 15.1. The Balaban J connectivity index is 1.77. The minimum atomic E-state index is -1.37. The molecule has 1 saturated carbocycles. The Hall–Kier alpha value is -3.68. The van der Waals surface area contributed by atoms with Crippen LogP contribution in [0.25, 0.3) is 10.9 Å². The van der Waals surface area contributed by atoms with Gasteiger partial charge in [-0.05, 0) is 24.5 Å². The number of carboxylic acid groups (broad SMARTS) is 1. The third-order valence-electron chi connectivity index (χ3n) is 5.37. The van der Waals surface area contributed by atoms with Crippen LogP contribution in [0, 0.1) is 5.82 Å². The fourth-order valence-electron chi connectivity index (χ4n) is 3.83. The van der Waals surface area contributed by atoms with Gasteiger partial charge in [-0.1, -0.05) is 30.3 Å². The number of hydrogen-bond acceptors (Lipinski definition) is 4. The van der Waals surface area contributed by atoms with Crippen molar-refractivity contribution in [3.63, 3.8) is 0 Å². The molecular weight excluding hydrogens is 377 g/mol. The van der Waals surface area contributed by atoms with E-state index in [9.17, 15) is 23.9 Å². The fraction of sp³-hybridized carbons (Fsp3) is 0.190. The average molecular weight is 393 g/mol. The summed E-state index contributed by atoms with van der Waals surface area (Å²) >= 11 is 0. The number of carbonyl (C=O) groups is 2. The van der Waals surface area contributed by atoms with E-state index >= 15 is 0 Å². The topological polar surface area (TPSA) is 100 Å². The molecule has 2 heterocycles. The number of aromatic carboxylic acids is 1. The first kappa shape index (κ1) is 17.4. The zero-order chi connectivity index (χ0) is 20.3. The van der Waals surface area contributed by atoms with Crippen LogP contribution < -0.4 is 16.1 Å². The van der Waals surface area contributed by atoms with E-state index in [0.717, 1.165) is 18.9 Å². The van der Waals surface area contributed by atoms with Crippen LogP contribution in [0.4, 0.5) is 15.8 Å². The van der Waals surface area contributed by atoms with Gasteiger partial charge in [0, 0.05) is 12.2 Å². The summed E-state index contributed by atoms with van der Waals surface area (Å²) in [5.74, 6) is -2.47. The highest BCUT2D eigenvalue weighted by atomic mass is 19.1. The minimum absolute atomic E-state index is 0.00881. The number of amides is 1. The normalized spacial score (nSPS) is 18.1. The highest BCUT2D eigenvalue weighted by Crippen LogP contribution is 2.43. The maximum absolute atomic E-state index is 15.0. The van der Waals surface area contributed by atoms with Gasteiger partial charge in [0.25, 0.3) is 5.91 Å². The molecule has 2 aliphatic rings. The lowest BCUT2D eigenvalue weighted by molar-refractivity contribution is -0.117. The van der Waals surface area contributed by atoms with Crippen molar-refractivity contribution in [3.05, 3.63) is 69.8 Å². The molecular formula is C21H16FN3O4. The van der Waals surface area contributed by atoms with Gasteiger partial charge in [0.1, 0.15) is 17.4 Å². The number of hydrogen-bond donors (Lipinski definition) is 3. The summed E-state index contributed by atoms with van der Waals surface area (Å²) in [5, 5.41) is 15.0. The Kier molecular flexibility index (Phi) is 3.70. The number of nitrogens with zero attached hydrogens (tertiary/aromatic N) is 1. The minimum Gasteiger partial charge on any atom is -0.477 e. The van der Waals surface area contributed by atoms with E-state index in [4.69, 9.17) is 0 Å². The van der Waals surface area contributed by atoms with Crippen LogP contribution in [0.15, 0.2) is 47.4 Å². The van der Waals surface area contributed by atoms with Crippen molar-refractivity contribution in [1.29, 1.82) is 0 Å². The van der Waals surface area contributed by atoms with Gasteiger partial charge in [0.2, 0.25) is 5.43 Å². The molecule has 1 amide bonds. The summed E-state index contributed by atoms with van der Waals surface area (Å²) in [6.07, 6.45) is 2.92. The van der Waals surface area contributed by atoms with Crippen LogP contribution in [0.3, 0.4) is 0 Å². The second kappa shape index (κ2) is 6.16. The quantitative estimate of drug-likeness (QED) is 0.634. The molecule has 29 heavy (non-hydrogen) atoms. The molecule has 0 radical (unpaired) electrons. The second-order valence-electron chi connectivity index (χ2n) is 7.30. The lowest BCUT2D eigenvalue weighted by Crippen LogP contribution is -2.33. The Morgan fingerprint density at radius 3 is 2.52 bits per heavy atom. The summed E-state index contributed by atoms with van der Waals surface area (Å²) in [5.41, 5.74) is 0.0784. The number of carbonyl (C=O) groups excluding carboxylic acids is 1. The molecule has 1 unspecified atom stereocenters. The molecule has 3 N–H and O–H groups in total. The lowest BCUT2D eigenvalue weighted by Gasteiger charge is -2.29. The largest absolute Gasteiger partial charge is 0.477 e. The number of aromatic nitrogens is 1. The van der Waals surface area contributed by atoms with Crippen LogP contribution in [-0.2, 0) is 4.79 Å². The molecule has 146 valence electrons. The predicted molar refractivity (Wildman–Crippen MR) is 105 cm³/mol. The van der Waals surface area contributed by atoms with Crippen LogP contribution in [0.5, 0.6) is 0 Å². The molecule has 8 heteroatoms. The molecule has 1 fully saturated rings. The van der Waals surface area contributed by atoms with Crippen LogP contribution in [-0.4, -0.2) is 21.6 Å². The maximum Gasteiger partial charge on any atom is 0.341 e. The molecule has 1 aromatic heterocycles. The van der Waals surface area contributed by atoms with Gasteiger partial charge in [-0.15, -0.1) is 0 Å². The van der Waals surface area contributed by atoms with Crippen molar-refractivity contribution >= 4 is 34.2 Å². The van der Waals surface area contributed by atoms with Crippen molar-refractivity contribution < 1.29 is 19.1 Å². The van der Waals surface area contributed by atoms with Crippen molar-refractivity contribution in [2.24, 2.45) is 0 Å². The van der Waals surface area contributed by atoms with E-state index in [-0.39, 0.29) is 28.7 Å². The van der Waals surface area contributed by atoms with Gasteiger partial charge in [0.15, 0.2) is 0 Å². The fourth-order valence-corrected chi connectivity index (χ4v) is 3.83. The number of pyridine rings is 1. The average Bonchev–Trinajstić information content (AvgIpc) is 3.54. The summed E-state index contributed by atoms with van der Waals surface area (Å²) in [6.45, 7) is 0. The first-order valence-corrected chi connectivity index (χ1v) is 9.22. The van der Waals surface area contributed by atoms with Crippen molar-refractivity contribution in [2.45, 2.75) is 24.9 Å². The number of rotatable bonds is 3.